The molecule has 0 unspecified atom stereocenters. The van der Waals surface area contributed by atoms with Gasteiger partial charge in [-0.2, -0.15) is 4.98 Å². The summed E-state index contributed by atoms with van der Waals surface area (Å²) in [6, 6.07) is 6.05. The highest BCUT2D eigenvalue weighted by Gasteiger charge is 2.14. The number of nitrogens with zero attached hydrogens (tertiary/aromatic N) is 3. The van der Waals surface area contributed by atoms with Crippen molar-refractivity contribution >= 4 is 23.0 Å². The summed E-state index contributed by atoms with van der Waals surface area (Å²) in [4.78, 5) is 34.1. The zero-order valence-electron chi connectivity index (χ0n) is 12.6. The fourth-order valence-electron chi connectivity index (χ4n) is 2.31. The minimum atomic E-state index is -0.431. The zero-order valence-corrected chi connectivity index (χ0v) is 12.6. The topological polar surface area (TPSA) is 92.7 Å². The first kappa shape index (κ1) is 14.9. The van der Waals surface area contributed by atoms with Gasteiger partial charge in [0, 0.05) is 6.92 Å². The molecule has 3 rings (SSSR count). The first-order chi connectivity index (χ1) is 10.9. The molecule has 0 radical (unpaired) electrons. The second kappa shape index (κ2) is 5.64. The van der Waals surface area contributed by atoms with Gasteiger partial charge in [0.1, 0.15) is 11.6 Å². The summed E-state index contributed by atoms with van der Waals surface area (Å²) < 4.78 is 14.7. The van der Waals surface area contributed by atoms with Crippen LogP contribution < -0.4 is 10.9 Å². The molecule has 1 aromatic carbocycles. The number of aromatic nitrogens is 4. The molecule has 8 heteroatoms. The lowest BCUT2D eigenvalue weighted by Crippen LogP contribution is -2.16. The third-order valence-electron chi connectivity index (χ3n) is 3.34. The van der Waals surface area contributed by atoms with E-state index < -0.39 is 5.56 Å². The highest BCUT2D eigenvalue weighted by molar-refractivity contribution is 5.87. The van der Waals surface area contributed by atoms with Crippen LogP contribution in [-0.4, -0.2) is 25.4 Å². The number of halogens is 1. The van der Waals surface area contributed by atoms with Crippen molar-refractivity contribution in [1.29, 1.82) is 0 Å². The number of hydrogen-bond donors (Lipinski definition) is 2. The Morgan fingerprint density at radius 2 is 2.00 bits per heavy atom. The normalized spacial score (nSPS) is 10.9. The number of aryl methyl sites for hydroxylation is 1. The number of imidazole rings is 1. The van der Waals surface area contributed by atoms with Crippen molar-refractivity contribution < 1.29 is 9.18 Å². The van der Waals surface area contributed by atoms with Crippen LogP contribution in [0.25, 0.3) is 11.2 Å². The highest BCUT2D eigenvalue weighted by Crippen LogP contribution is 2.15. The summed E-state index contributed by atoms with van der Waals surface area (Å²) in [6.07, 6.45) is 0. The van der Waals surface area contributed by atoms with E-state index in [2.05, 4.69) is 20.3 Å². The molecule has 23 heavy (non-hydrogen) atoms. The van der Waals surface area contributed by atoms with Crippen molar-refractivity contribution in [2.45, 2.75) is 20.4 Å². The van der Waals surface area contributed by atoms with E-state index in [-0.39, 0.29) is 23.2 Å². The number of H-pyrrole nitrogens is 1. The molecule has 3 aromatic rings. The lowest BCUT2D eigenvalue weighted by atomic mass is 10.2. The molecule has 0 atom stereocenters. The van der Waals surface area contributed by atoms with Gasteiger partial charge in [-0.3, -0.25) is 19.9 Å². The molecular formula is C15H14FN5O2. The molecule has 0 saturated carbocycles. The fraction of sp³-hybridized carbons (Fsp3) is 0.200. The molecule has 0 aliphatic heterocycles. The molecule has 2 heterocycles. The standard InChI is InChI=1S/C15H14FN5O2/c1-8-17-12-13(19-15(18-9(2)22)20-14(12)23)21(8)7-10-3-5-11(16)6-4-10/h3-6H,7H2,1-2H3,(H2,18,19,20,22,23). The first-order valence-electron chi connectivity index (χ1n) is 6.93. The molecule has 0 spiro atoms. The fourth-order valence-corrected chi connectivity index (χ4v) is 2.31. The predicted molar refractivity (Wildman–Crippen MR) is 82.7 cm³/mol. The van der Waals surface area contributed by atoms with E-state index in [1.165, 1.54) is 19.1 Å². The lowest BCUT2D eigenvalue weighted by Gasteiger charge is -2.07. The molecule has 2 N–H and O–H groups in total. The summed E-state index contributed by atoms with van der Waals surface area (Å²) in [7, 11) is 0. The maximum absolute atomic E-state index is 13.0. The largest absolute Gasteiger partial charge is 0.308 e. The SMILES string of the molecule is CC(=O)Nc1nc2c(nc(C)n2Cc2ccc(F)cc2)c(=O)[nH]1. The Morgan fingerprint density at radius 1 is 1.30 bits per heavy atom. The summed E-state index contributed by atoms with van der Waals surface area (Å²) in [6.45, 7) is 3.46. The number of aromatic amines is 1. The Balaban J connectivity index is 2.10. The third-order valence-corrected chi connectivity index (χ3v) is 3.34. The number of amides is 1. The zero-order chi connectivity index (χ0) is 16.6. The first-order valence-corrected chi connectivity index (χ1v) is 6.93. The van der Waals surface area contributed by atoms with Crippen LogP contribution in [0.2, 0.25) is 0 Å². The molecule has 0 saturated heterocycles. The van der Waals surface area contributed by atoms with Crippen LogP contribution in [0, 0.1) is 12.7 Å². The van der Waals surface area contributed by atoms with E-state index in [0.717, 1.165) is 5.56 Å². The van der Waals surface area contributed by atoms with Gasteiger partial charge in [0.15, 0.2) is 11.2 Å². The van der Waals surface area contributed by atoms with Gasteiger partial charge < -0.3 is 4.57 Å². The maximum Gasteiger partial charge on any atom is 0.280 e. The van der Waals surface area contributed by atoms with Crippen LogP contribution in [0.3, 0.4) is 0 Å². The summed E-state index contributed by atoms with van der Waals surface area (Å²) >= 11 is 0. The van der Waals surface area contributed by atoms with Crippen LogP contribution in [-0.2, 0) is 11.3 Å². The van der Waals surface area contributed by atoms with Crippen LogP contribution >= 0.6 is 0 Å². The Kier molecular flexibility index (Phi) is 3.65. The van der Waals surface area contributed by atoms with Gasteiger partial charge in [0.2, 0.25) is 11.9 Å². The van der Waals surface area contributed by atoms with E-state index in [4.69, 9.17) is 0 Å². The van der Waals surface area contributed by atoms with Crippen LogP contribution in [0.15, 0.2) is 29.1 Å². The van der Waals surface area contributed by atoms with Gasteiger partial charge in [-0.25, -0.2) is 9.37 Å². The second-order valence-electron chi connectivity index (χ2n) is 5.14. The van der Waals surface area contributed by atoms with E-state index in [0.29, 0.717) is 18.0 Å². The quantitative estimate of drug-likeness (QED) is 0.767. The summed E-state index contributed by atoms with van der Waals surface area (Å²) in [5, 5.41) is 2.45. The van der Waals surface area contributed by atoms with Gasteiger partial charge >= 0.3 is 0 Å². The molecule has 0 bridgehead atoms. The molecule has 0 aliphatic carbocycles. The van der Waals surface area contributed by atoms with Gasteiger partial charge in [0.25, 0.3) is 5.56 Å². The Bertz CT molecular complexity index is 943. The van der Waals surface area contributed by atoms with E-state index >= 15 is 0 Å². The maximum atomic E-state index is 13.0. The number of carbonyl (C=O) groups excluding carboxylic acids is 1. The summed E-state index contributed by atoms with van der Waals surface area (Å²) in [5.74, 6) is 0.00912. The summed E-state index contributed by atoms with van der Waals surface area (Å²) in [5.41, 5.74) is 0.967. The Hall–Kier alpha value is -3.03. The van der Waals surface area contributed by atoms with Crippen molar-refractivity contribution in [2.24, 2.45) is 0 Å². The van der Waals surface area contributed by atoms with E-state index in [1.807, 2.05) is 0 Å². The lowest BCUT2D eigenvalue weighted by molar-refractivity contribution is -0.114. The predicted octanol–water partition coefficient (Wildman–Crippen LogP) is 1.57. The number of benzene rings is 1. The number of hydrogen-bond acceptors (Lipinski definition) is 4. The number of fused-ring (bicyclic) bond motifs is 1. The van der Waals surface area contributed by atoms with Crippen molar-refractivity contribution in [2.75, 3.05) is 5.32 Å². The monoisotopic (exact) mass is 315 g/mol. The minimum absolute atomic E-state index is 0.0651. The van der Waals surface area contributed by atoms with Crippen molar-refractivity contribution in [3.63, 3.8) is 0 Å². The third kappa shape index (κ3) is 2.96. The molecule has 1 amide bonds. The average Bonchev–Trinajstić information content (AvgIpc) is 2.78. The smallest absolute Gasteiger partial charge is 0.280 e. The number of nitrogens with one attached hydrogen (secondary N) is 2. The van der Waals surface area contributed by atoms with E-state index in [1.54, 1.807) is 23.6 Å². The minimum Gasteiger partial charge on any atom is -0.308 e. The van der Waals surface area contributed by atoms with Crippen molar-refractivity contribution in [1.82, 2.24) is 19.5 Å². The number of rotatable bonds is 3. The highest BCUT2D eigenvalue weighted by atomic mass is 19.1. The molecule has 118 valence electrons. The van der Waals surface area contributed by atoms with Gasteiger partial charge in [-0.1, -0.05) is 12.1 Å². The van der Waals surface area contributed by atoms with Crippen molar-refractivity contribution in [3.8, 4) is 0 Å². The van der Waals surface area contributed by atoms with Crippen LogP contribution in [0.5, 0.6) is 0 Å². The number of anilines is 1. The average molecular weight is 315 g/mol. The molecule has 0 fully saturated rings. The second-order valence-corrected chi connectivity index (χ2v) is 5.14. The van der Waals surface area contributed by atoms with Crippen LogP contribution in [0.1, 0.15) is 18.3 Å². The molecule has 7 nitrogen and oxygen atoms in total. The Labute approximate surface area is 130 Å². The molecule has 0 aliphatic rings. The van der Waals surface area contributed by atoms with Crippen LogP contribution in [0.4, 0.5) is 10.3 Å². The van der Waals surface area contributed by atoms with E-state index in [9.17, 15) is 14.0 Å². The van der Waals surface area contributed by atoms with Crippen molar-refractivity contribution in [3.05, 3.63) is 51.8 Å². The Morgan fingerprint density at radius 3 is 2.65 bits per heavy atom. The van der Waals surface area contributed by atoms with Gasteiger partial charge in [-0.05, 0) is 24.6 Å². The van der Waals surface area contributed by atoms with Gasteiger partial charge in [-0.15, -0.1) is 0 Å². The molecule has 2 aromatic heterocycles. The molecular weight excluding hydrogens is 301 g/mol. The van der Waals surface area contributed by atoms with Gasteiger partial charge in [0.05, 0.1) is 6.54 Å². The number of carbonyl (C=O) groups is 1.